The van der Waals surface area contributed by atoms with Crippen LogP contribution in [0, 0.1) is 0 Å². The van der Waals surface area contributed by atoms with Crippen molar-refractivity contribution in [1.82, 2.24) is 0 Å². The van der Waals surface area contributed by atoms with Gasteiger partial charge in [0, 0.05) is 16.1 Å². The molecule has 1 aliphatic rings. The predicted octanol–water partition coefficient (Wildman–Crippen LogP) is -1.02. The lowest BCUT2D eigenvalue weighted by molar-refractivity contribution is -1.02. The van der Waals surface area contributed by atoms with Crippen molar-refractivity contribution in [3.05, 3.63) is 70.7 Å². The highest BCUT2D eigenvalue weighted by Crippen LogP contribution is 2.21. The van der Waals surface area contributed by atoms with E-state index in [9.17, 15) is 9.90 Å². The number of carbonyl (C=O) groups excluding carboxylic acids is 1. The number of rotatable bonds is 8. The van der Waals surface area contributed by atoms with E-state index in [1.807, 2.05) is 18.2 Å². The van der Waals surface area contributed by atoms with Gasteiger partial charge in [0.2, 0.25) is 0 Å². The monoisotopic (exact) mass is 389 g/mol. The Morgan fingerprint density at radius 3 is 2.26 bits per heavy atom. The molecule has 144 valence electrons. The molecule has 5 nitrogen and oxygen atoms in total. The van der Waals surface area contributed by atoms with Gasteiger partial charge in [-0.25, -0.2) is 0 Å². The maximum Gasteiger partial charge on any atom is 0.139 e. The van der Waals surface area contributed by atoms with E-state index in [1.165, 1.54) is 16.0 Å². The van der Waals surface area contributed by atoms with E-state index in [2.05, 4.69) is 36.4 Å². The van der Waals surface area contributed by atoms with Gasteiger partial charge in [-0.3, -0.25) is 0 Å². The van der Waals surface area contributed by atoms with Crippen molar-refractivity contribution in [3.63, 3.8) is 0 Å². The van der Waals surface area contributed by atoms with Crippen molar-refractivity contribution in [2.75, 3.05) is 45.9 Å². The molecular weight excluding hydrogens is 364 g/mol. The van der Waals surface area contributed by atoms with Gasteiger partial charge in [-0.2, -0.15) is 0 Å². The molecule has 0 bridgehead atoms. The van der Waals surface area contributed by atoms with Crippen molar-refractivity contribution in [3.8, 4) is 0 Å². The summed E-state index contributed by atoms with van der Waals surface area (Å²) in [5, 5.41) is 11.2. The number of aliphatic carboxylic acids is 1. The number of carboxylic acid groups (broad SMARTS) is 1. The lowest BCUT2D eigenvalue weighted by atomic mass is 9.96. The quantitative estimate of drug-likeness (QED) is 0.568. The first kappa shape index (κ1) is 19.8. The third-order valence-corrected chi connectivity index (χ3v) is 5.42. The number of halogens is 1. The van der Waals surface area contributed by atoms with Crippen LogP contribution in [0.15, 0.2) is 54.6 Å². The number of nitrogens with one attached hydrogen (secondary N) is 2. The molecule has 3 rings (SSSR count). The molecule has 0 spiro atoms. The number of ether oxygens (including phenoxy) is 1. The molecule has 1 aliphatic heterocycles. The maximum absolute atomic E-state index is 10.4. The molecule has 0 saturated carbocycles. The van der Waals surface area contributed by atoms with Crippen LogP contribution < -0.4 is 14.9 Å². The average molecular weight is 390 g/mol. The second-order valence-corrected chi connectivity index (χ2v) is 7.41. The van der Waals surface area contributed by atoms with E-state index >= 15 is 0 Å². The van der Waals surface area contributed by atoms with Crippen molar-refractivity contribution < 1.29 is 24.4 Å². The smallest absolute Gasteiger partial charge is 0.139 e. The fourth-order valence-corrected chi connectivity index (χ4v) is 3.93. The van der Waals surface area contributed by atoms with Crippen LogP contribution in [0.2, 0.25) is 5.02 Å². The molecule has 1 heterocycles. The molecule has 6 heteroatoms. The molecule has 1 saturated heterocycles. The molecule has 0 amide bonds. The number of carbonyl (C=O) groups is 1. The topological polar surface area (TPSA) is 58.2 Å². The lowest BCUT2D eigenvalue weighted by Crippen LogP contribution is -3.28. The minimum absolute atomic E-state index is 0.291. The van der Waals surface area contributed by atoms with Crippen molar-refractivity contribution >= 4 is 17.6 Å². The number of benzene rings is 2. The van der Waals surface area contributed by atoms with Crippen LogP contribution in [-0.4, -0.2) is 51.9 Å². The van der Waals surface area contributed by atoms with Crippen LogP contribution in [0.3, 0.4) is 0 Å². The molecule has 2 N–H and O–H groups in total. The summed E-state index contributed by atoms with van der Waals surface area (Å²) in [4.78, 5) is 13.4. The van der Waals surface area contributed by atoms with Gasteiger partial charge in [-0.1, -0.05) is 54.1 Å². The van der Waals surface area contributed by atoms with Gasteiger partial charge in [0.1, 0.15) is 38.8 Å². The van der Waals surface area contributed by atoms with Crippen molar-refractivity contribution in [2.45, 2.75) is 6.04 Å². The van der Waals surface area contributed by atoms with Crippen LogP contribution in [0.4, 0.5) is 0 Å². The first-order valence-electron chi connectivity index (χ1n) is 9.39. The number of hydrogen-bond donors (Lipinski definition) is 2. The Morgan fingerprint density at radius 2 is 1.63 bits per heavy atom. The van der Waals surface area contributed by atoms with E-state index in [4.69, 9.17) is 16.3 Å². The zero-order valence-electron chi connectivity index (χ0n) is 15.3. The third-order valence-electron chi connectivity index (χ3n) is 5.16. The standard InChI is InChI=1S/C21H25ClN2O3/c22-19-8-6-18(7-9-19)21(17-4-2-1-3-5-17)24-12-10-23(11-13-24)14-15-27-16-20(25)26/h1-9,21H,10-16H2,(H,25,26)/p+1/t21-/m0/s1. The highest BCUT2D eigenvalue weighted by atomic mass is 35.5. The molecular formula is C21H26ClN2O3+. The fourth-order valence-electron chi connectivity index (χ4n) is 3.80. The van der Waals surface area contributed by atoms with Crippen molar-refractivity contribution in [1.29, 1.82) is 0 Å². The first-order chi connectivity index (χ1) is 13.1. The first-order valence-corrected chi connectivity index (χ1v) is 9.77. The number of piperazine rings is 1. The third kappa shape index (κ3) is 5.78. The summed E-state index contributed by atoms with van der Waals surface area (Å²) in [6, 6.07) is 19.1. The second kappa shape index (κ2) is 9.85. The van der Waals surface area contributed by atoms with Crippen LogP contribution >= 0.6 is 11.6 Å². The van der Waals surface area contributed by atoms with E-state index < -0.39 is 5.97 Å². The Bertz CT molecular complexity index is 716. The molecule has 2 aromatic carbocycles. The Labute approximate surface area is 165 Å². The van der Waals surface area contributed by atoms with E-state index in [0.717, 1.165) is 37.7 Å². The van der Waals surface area contributed by atoms with Gasteiger partial charge in [0.25, 0.3) is 0 Å². The lowest BCUT2D eigenvalue weighted by Gasteiger charge is -2.35. The van der Waals surface area contributed by atoms with Gasteiger partial charge in [-0.15, -0.1) is 0 Å². The van der Waals surface area contributed by atoms with Gasteiger partial charge >= 0.3 is 0 Å². The minimum Gasteiger partial charge on any atom is -0.548 e. The van der Waals surface area contributed by atoms with Crippen LogP contribution in [-0.2, 0) is 9.53 Å². The normalized spacial score (nSPS) is 20.9. The SMILES string of the molecule is O=C([O-])COCC[NH+]1CC[NH+]([C@@H](c2ccccc2)c2ccc(Cl)cc2)CC1. The minimum atomic E-state index is -1.16. The largest absolute Gasteiger partial charge is 0.548 e. The molecule has 1 fully saturated rings. The number of hydrogen-bond acceptors (Lipinski definition) is 3. The van der Waals surface area contributed by atoms with E-state index in [1.54, 1.807) is 4.90 Å². The summed E-state index contributed by atoms with van der Waals surface area (Å²) in [7, 11) is 0. The predicted molar refractivity (Wildman–Crippen MR) is 102 cm³/mol. The van der Waals surface area contributed by atoms with Gasteiger partial charge in [0.05, 0.1) is 19.2 Å². The summed E-state index contributed by atoms with van der Waals surface area (Å²) < 4.78 is 5.12. The Morgan fingerprint density at radius 1 is 1.00 bits per heavy atom. The van der Waals surface area contributed by atoms with Crippen LogP contribution in [0.25, 0.3) is 0 Å². The summed E-state index contributed by atoms with van der Waals surface area (Å²) in [6.07, 6.45) is 0. The maximum atomic E-state index is 10.4. The Balaban J connectivity index is 1.63. The molecule has 27 heavy (non-hydrogen) atoms. The fraction of sp³-hybridized carbons (Fsp3) is 0.381. The molecule has 1 atom stereocenters. The zero-order chi connectivity index (χ0) is 19.1. The van der Waals surface area contributed by atoms with Gasteiger partial charge in [0.15, 0.2) is 0 Å². The van der Waals surface area contributed by atoms with E-state index in [0.29, 0.717) is 12.6 Å². The molecule has 0 aliphatic carbocycles. The highest BCUT2D eigenvalue weighted by molar-refractivity contribution is 6.30. The molecule has 0 radical (unpaired) electrons. The van der Waals surface area contributed by atoms with E-state index in [-0.39, 0.29) is 6.61 Å². The molecule has 0 aromatic heterocycles. The van der Waals surface area contributed by atoms with Crippen LogP contribution in [0.5, 0.6) is 0 Å². The second-order valence-electron chi connectivity index (χ2n) is 6.98. The Kier molecular flexibility index (Phi) is 7.24. The number of carboxylic acids is 1. The van der Waals surface area contributed by atoms with Crippen molar-refractivity contribution in [2.24, 2.45) is 0 Å². The zero-order valence-corrected chi connectivity index (χ0v) is 16.1. The number of quaternary nitrogens is 2. The molecule has 0 unspecified atom stereocenters. The molecule has 2 aromatic rings. The summed E-state index contributed by atoms with van der Waals surface area (Å²) in [5.74, 6) is -1.16. The van der Waals surface area contributed by atoms with Gasteiger partial charge < -0.3 is 24.4 Å². The highest BCUT2D eigenvalue weighted by Gasteiger charge is 2.31. The summed E-state index contributed by atoms with van der Waals surface area (Å²) in [6.45, 7) is 5.16. The average Bonchev–Trinajstić information content (AvgIpc) is 2.69. The van der Waals surface area contributed by atoms with Gasteiger partial charge in [-0.05, 0) is 12.1 Å². The summed E-state index contributed by atoms with van der Waals surface area (Å²) in [5.41, 5.74) is 2.59. The van der Waals surface area contributed by atoms with Crippen LogP contribution in [0.1, 0.15) is 17.2 Å². The summed E-state index contributed by atoms with van der Waals surface area (Å²) >= 11 is 6.08. The Hall–Kier alpha value is -1.92.